The highest BCUT2D eigenvalue weighted by molar-refractivity contribution is 6.11. The van der Waals surface area contributed by atoms with Crippen LogP contribution in [0.1, 0.15) is 0 Å². The minimum Gasteiger partial charge on any atom is -0.455 e. The number of para-hydroxylation sites is 6. The van der Waals surface area contributed by atoms with Gasteiger partial charge in [0.15, 0.2) is 0 Å². The van der Waals surface area contributed by atoms with Gasteiger partial charge in [-0.2, -0.15) is 0 Å². The molecular formula is C58H38N2O. The minimum atomic E-state index is 0.900. The molecule has 0 saturated carbocycles. The third kappa shape index (κ3) is 5.74. The molecule has 10 aromatic carbocycles. The van der Waals surface area contributed by atoms with Gasteiger partial charge in [-0.25, -0.2) is 0 Å². The maximum absolute atomic E-state index is 6.48. The zero-order valence-electron chi connectivity index (χ0n) is 33.2. The molecule has 61 heavy (non-hydrogen) atoms. The summed E-state index contributed by atoms with van der Waals surface area (Å²) in [5, 5.41) is 7.23. The van der Waals surface area contributed by atoms with Gasteiger partial charge in [-0.1, -0.05) is 176 Å². The molecule has 3 heteroatoms. The van der Waals surface area contributed by atoms with E-state index >= 15 is 0 Å². The molecule has 12 aromatic rings. The number of hydrogen-bond donors (Lipinski definition) is 0. The van der Waals surface area contributed by atoms with Gasteiger partial charge in [0.2, 0.25) is 0 Å². The van der Waals surface area contributed by atoms with E-state index in [0.717, 1.165) is 66.9 Å². The van der Waals surface area contributed by atoms with Crippen molar-refractivity contribution >= 4 is 71.6 Å². The average Bonchev–Trinajstić information content (AvgIpc) is 3.88. The molecule has 0 radical (unpaired) electrons. The average molecular weight is 779 g/mol. The van der Waals surface area contributed by atoms with Crippen LogP contribution in [-0.2, 0) is 0 Å². The molecule has 0 N–H and O–H groups in total. The molecule has 0 saturated heterocycles. The van der Waals surface area contributed by atoms with Crippen LogP contribution in [-0.4, -0.2) is 4.57 Å². The summed E-state index contributed by atoms with van der Waals surface area (Å²) in [5.74, 6) is 0. The zero-order valence-corrected chi connectivity index (χ0v) is 33.2. The Kier molecular flexibility index (Phi) is 8.17. The van der Waals surface area contributed by atoms with E-state index in [0.29, 0.717) is 0 Å². The molecule has 0 fully saturated rings. The van der Waals surface area contributed by atoms with E-state index in [-0.39, 0.29) is 0 Å². The highest BCUT2D eigenvalue weighted by Gasteiger charge is 2.22. The first kappa shape index (κ1) is 34.9. The fraction of sp³-hybridized carbons (Fsp3) is 0. The summed E-state index contributed by atoms with van der Waals surface area (Å²) in [4.78, 5) is 2.40. The summed E-state index contributed by atoms with van der Waals surface area (Å²) >= 11 is 0. The number of fused-ring (bicyclic) bond motifs is 7. The van der Waals surface area contributed by atoms with Crippen LogP contribution in [0.25, 0.3) is 93.6 Å². The van der Waals surface area contributed by atoms with E-state index in [1.165, 1.54) is 43.7 Å². The van der Waals surface area contributed by atoms with Gasteiger partial charge in [0, 0.05) is 49.6 Å². The summed E-state index contributed by atoms with van der Waals surface area (Å²) in [6.07, 6.45) is 0. The van der Waals surface area contributed by atoms with Gasteiger partial charge in [0.05, 0.1) is 22.4 Å². The van der Waals surface area contributed by atoms with Gasteiger partial charge in [-0.15, -0.1) is 0 Å². The number of furan rings is 1. The standard InChI is InChI=1S/C58H38N2O/c1-2-17-44-39(15-1)16-13-23-45(44)40-31-35-42(36-32-40)59(43-37-33-41(34-38-43)46-24-14-25-52-51-22-7-12-30-57(51)61-58(46)52)53-26-8-3-18-47(53)48-19-4-9-27-54(48)60-55-28-10-5-20-49(55)50-21-6-11-29-56(50)60/h1-38H. The Balaban J connectivity index is 1.04. The predicted octanol–water partition coefficient (Wildman–Crippen LogP) is 16.3. The van der Waals surface area contributed by atoms with Crippen LogP contribution >= 0.6 is 0 Å². The van der Waals surface area contributed by atoms with E-state index < -0.39 is 0 Å². The number of anilines is 3. The lowest BCUT2D eigenvalue weighted by molar-refractivity contribution is 0.670. The van der Waals surface area contributed by atoms with Gasteiger partial charge in [0.1, 0.15) is 11.2 Å². The van der Waals surface area contributed by atoms with Crippen molar-refractivity contribution in [3.05, 3.63) is 231 Å². The maximum Gasteiger partial charge on any atom is 0.143 e. The van der Waals surface area contributed by atoms with Crippen molar-refractivity contribution in [1.82, 2.24) is 4.57 Å². The second-order valence-corrected chi connectivity index (χ2v) is 15.6. The largest absolute Gasteiger partial charge is 0.455 e. The van der Waals surface area contributed by atoms with E-state index in [1.807, 2.05) is 12.1 Å². The molecule has 0 aliphatic carbocycles. The molecule has 0 unspecified atom stereocenters. The fourth-order valence-electron chi connectivity index (χ4n) is 9.43. The van der Waals surface area contributed by atoms with Crippen LogP contribution in [0, 0.1) is 0 Å². The van der Waals surface area contributed by atoms with Crippen LogP contribution in [0.2, 0.25) is 0 Å². The highest BCUT2D eigenvalue weighted by Crippen LogP contribution is 2.45. The maximum atomic E-state index is 6.48. The lowest BCUT2D eigenvalue weighted by Gasteiger charge is -2.29. The summed E-state index contributed by atoms with van der Waals surface area (Å²) in [5.41, 5.74) is 15.4. The molecule has 3 nitrogen and oxygen atoms in total. The van der Waals surface area contributed by atoms with Crippen molar-refractivity contribution in [2.45, 2.75) is 0 Å². The summed E-state index contributed by atoms with van der Waals surface area (Å²) < 4.78 is 8.90. The van der Waals surface area contributed by atoms with Crippen molar-refractivity contribution in [2.75, 3.05) is 4.90 Å². The molecule has 2 aromatic heterocycles. The van der Waals surface area contributed by atoms with Gasteiger partial charge < -0.3 is 13.9 Å². The second-order valence-electron chi connectivity index (χ2n) is 15.6. The zero-order chi connectivity index (χ0) is 40.3. The number of hydrogen-bond acceptors (Lipinski definition) is 2. The van der Waals surface area contributed by atoms with Crippen molar-refractivity contribution in [2.24, 2.45) is 0 Å². The molecule has 2 heterocycles. The Bertz CT molecular complexity index is 3530. The van der Waals surface area contributed by atoms with Crippen molar-refractivity contribution in [3.63, 3.8) is 0 Å². The highest BCUT2D eigenvalue weighted by atomic mass is 16.3. The van der Waals surface area contributed by atoms with E-state index in [2.05, 4.69) is 228 Å². The molecular weight excluding hydrogens is 741 g/mol. The Labute approximate surface area is 353 Å². The first-order chi connectivity index (χ1) is 30.3. The smallest absolute Gasteiger partial charge is 0.143 e. The Morgan fingerprint density at radius 3 is 1.56 bits per heavy atom. The first-order valence-electron chi connectivity index (χ1n) is 20.8. The molecule has 0 aliphatic rings. The SMILES string of the molecule is c1ccc(N(c2ccc(-c3cccc4ccccc34)cc2)c2ccc(-c3cccc4c3oc3ccccc34)cc2)c(-c2ccccc2-n2c3ccccc3c3ccccc32)c1. The van der Waals surface area contributed by atoms with Gasteiger partial charge in [-0.3, -0.25) is 0 Å². The van der Waals surface area contributed by atoms with E-state index in [1.54, 1.807) is 0 Å². The number of nitrogens with zero attached hydrogens (tertiary/aromatic N) is 2. The van der Waals surface area contributed by atoms with Crippen LogP contribution in [0.5, 0.6) is 0 Å². The fourth-order valence-corrected chi connectivity index (χ4v) is 9.43. The van der Waals surface area contributed by atoms with E-state index in [4.69, 9.17) is 4.42 Å². The molecule has 12 rings (SSSR count). The normalized spacial score (nSPS) is 11.6. The topological polar surface area (TPSA) is 21.3 Å². The summed E-state index contributed by atoms with van der Waals surface area (Å²) in [7, 11) is 0. The van der Waals surface area contributed by atoms with Crippen LogP contribution < -0.4 is 4.90 Å². The minimum absolute atomic E-state index is 0.900. The lowest BCUT2D eigenvalue weighted by Crippen LogP contribution is -2.11. The number of benzene rings is 10. The van der Waals surface area contributed by atoms with Crippen LogP contribution in [0.15, 0.2) is 235 Å². The van der Waals surface area contributed by atoms with Crippen LogP contribution in [0.3, 0.4) is 0 Å². The molecule has 0 atom stereocenters. The van der Waals surface area contributed by atoms with Gasteiger partial charge >= 0.3 is 0 Å². The molecule has 0 bridgehead atoms. The van der Waals surface area contributed by atoms with Crippen molar-refractivity contribution < 1.29 is 4.42 Å². The Morgan fingerprint density at radius 1 is 0.328 bits per heavy atom. The second kappa shape index (κ2) is 14.3. The third-order valence-corrected chi connectivity index (χ3v) is 12.2. The summed E-state index contributed by atoms with van der Waals surface area (Å²) in [6, 6.07) is 82.9. The monoisotopic (exact) mass is 778 g/mol. The quantitative estimate of drug-likeness (QED) is 0.161. The van der Waals surface area contributed by atoms with Gasteiger partial charge in [0.25, 0.3) is 0 Å². The lowest BCUT2D eigenvalue weighted by atomic mass is 9.97. The van der Waals surface area contributed by atoms with Crippen molar-refractivity contribution in [1.29, 1.82) is 0 Å². The molecule has 0 spiro atoms. The first-order valence-corrected chi connectivity index (χ1v) is 20.8. The van der Waals surface area contributed by atoms with E-state index in [9.17, 15) is 0 Å². The predicted molar refractivity (Wildman–Crippen MR) is 257 cm³/mol. The molecule has 286 valence electrons. The molecule has 0 aliphatic heterocycles. The Morgan fingerprint density at radius 2 is 0.820 bits per heavy atom. The summed E-state index contributed by atoms with van der Waals surface area (Å²) in [6.45, 7) is 0. The third-order valence-electron chi connectivity index (χ3n) is 12.2. The molecule has 0 amide bonds. The number of rotatable bonds is 7. The van der Waals surface area contributed by atoms with Crippen LogP contribution in [0.4, 0.5) is 17.1 Å². The van der Waals surface area contributed by atoms with Gasteiger partial charge in [-0.05, 0) is 82.1 Å². The number of aromatic nitrogens is 1. The van der Waals surface area contributed by atoms with Crippen molar-refractivity contribution in [3.8, 4) is 39.1 Å². The Hall–Kier alpha value is -8.14.